The number of hydrogen-bond acceptors (Lipinski definition) is 8. The molecule has 0 aliphatic carbocycles. The summed E-state index contributed by atoms with van der Waals surface area (Å²) in [6.45, 7) is 2.96. The van der Waals surface area contributed by atoms with Crippen LogP contribution in [0, 0.1) is 0 Å². The topological polar surface area (TPSA) is 85.8 Å². The summed E-state index contributed by atoms with van der Waals surface area (Å²) < 4.78 is 15.7. The summed E-state index contributed by atoms with van der Waals surface area (Å²) in [5, 5.41) is 3.11. The van der Waals surface area contributed by atoms with Crippen LogP contribution in [-0.2, 0) is 4.74 Å². The summed E-state index contributed by atoms with van der Waals surface area (Å²) in [4.78, 5) is 21.9. The summed E-state index contributed by atoms with van der Waals surface area (Å²) in [5.74, 6) is 1.42. The van der Waals surface area contributed by atoms with Crippen molar-refractivity contribution >= 4 is 11.9 Å². The number of esters is 1. The van der Waals surface area contributed by atoms with Crippen molar-refractivity contribution in [2.75, 3.05) is 52.8 Å². The van der Waals surface area contributed by atoms with Crippen LogP contribution in [0.1, 0.15) is 16.9 Å². The monoisotopic (exact) mass is 374 g/mol. The molecule has 146 valence electrons. The van der Waals surface area contributed by atoms with Crippen molar-refractivity contribution in [1.29, 1.82) is 0 Å². The fourth-order valence-electron chi connectivity index (χ4n) is 2.37. The first-order valence-corrected chi connectivity index (χ1v) is 8.73. The number of para-hydroxylation sites is 2. The van der Waals surface area contributed by atoms with Crippen LogP contribution < -0.4 is 14.8 Å². The van der Waals surface area contributed by atoms with E-state index in [1.165, 1.54) is 19.4 Å². The summed E-state index contributed by atoms with van der Waals surface area (Å²) in [7, 11) is 5.00. The number of anilines is 1. The van der Waals surface area contributed by atoms with Crippen LogP contribution in [0.2, 0.25) is 0 Å². The quantitative estimate of drug-likeness (QED) is 0.473. The number of nitrogens with one attached hydrogen (secondary N) is 1. The molecule has 1 N–H and O–H groups in total. The maximum Gasteiger partial charge on any atom is 0.356 e. The van der Waals surface area contributed by atoms with Crippen LogP contribution in [0.3, 0.4) is 0 Å². The van der Waals surface area contributed by atoms with E-state index in [1.54, 1.807) is 7.11 Å². The fourth-order valence-corrected chi connectivity index (χ4v) is 2.37. The van der Waals surface area contributed by atoms with Gasteiger partial charge in [-0.15, -0.1) is 0 Å². The second-order valence-electron chi connectivity index (χ2n) is 5.84. The molecule has 2 rings (SSSR count). The number of aromatic nitrogens is 2. The number of nitrogens with zero attached hydrogens (tertiary/aromatic N) is 3. The Bertz CT molecular complexity index is 726. The highest BCUT2D eigenvalue weighted by Gasteiger charge is 2.08. The van der Waals surface area contributed by atoms with Gasteiger partial charge in [-0.3, -0.25) is 0 Å². The molecule has 0 bridgehead atoms. The minimum Gasteiger partial charge on any atom is -0.493 e. The number of likely N-dealkylation sites (N-methyl/N-ethyl adjacent to an activating group) is 1. The first-order valence-electron chi connectivity index (χ1n) is 8.73. The second-order valence-corrected chi connectivity index (χ2v) is 5.84. The van der Waals surface area contributed by atoms with E-state index in [4.69, 9.17) is 9.47 Å². The van der Waals surface area contributed by atoms with Crippen LogP contribution in [0.4, 0.5) is 5.95 Å². The van der Waals surface area contributed by atoms with Gasteiger partial charge in [0.25, 0.3) is 0 Å². The molecule has 0 amide bonds. The van der Waals surface area contributed by atoms with Crippen LogP contribution >= 0.6 is 0 Å². The smallest absolute Gasteiger partial charge is 0.356 e. The zero-order valence-electron chi connectivity index (χ0n) is 16.0. The van der Waals surface area contributed by atoms with Crippen molar-refractivity contribution in [1.82, 2.24) is 14.9 Å². The van der Waals surface area contributed by atoms with Gasteiger partial charge in [0, 0.05) is 19.3 Å². The number of carbonyl (C=O) groups is 1. The zero-order chi connectivity index (χ0) is 19.5. The van der Waals surface area contributed by atoms with Crippen molar-refractivity contribution < 1.29 is 19.0 Å². The normalized spacial score (nSPS) is 10.5. The molecule has 0 atom stereocenters. The van der Waals surface area contributed by atoms with E-state index in [1.807, 2.05) is 31.3 Å². The molecule has 1 aromatic heterocycles. The lowest BCUT2D eigenvalue weighted by atomic mass is 10.3. The highest BCUT2D eigenvalue weighted by molar-refractivity contribution is 5.87. The largest absolute Gasteiger partial charge is 0.493 e. The van der Waals surface area contributed by atoms with Gasteiger partial charge in [0.1, 0.15) is 6.61 Å². The Labute approximate surface area is 159 Å². The Morgan fingerprint density at radius 2 is 1.93 bits per heavy atom. The molecular formula is C19H26N4O4. The molecule has 0 saturated heterocycles. The number of ether oxygens (including phenoxy) is 3. The van der Waals surface area contributed by atoms with Gasteiger partial charge >= 0.3 is 5.97 Å². The predicted octanol–water partition coefficient (Wildman–Crippen LogP) is 2.08. The van der Waals surface area contributed by atoms with Crippen molar-refractivity contribution in [2.45, 2.75) is 6.42 Å². The summed E-state index contributed by atoms with van der Waals surface area (Å²) in [6, 6.07) is 9.12. The van der Waals surface area contributed by atoms with E-state index in [0.717, 1.165) is 31.0 Å². The Hall–Kier alpha value is -2.87. The molecule has 1 aromatic carbocycles. The predicted molar refractivity (Wildman–Crippen MR) is 102 cm³/mol. The van der Waals surface area contributed by atoms with Gasteiger partial charge in [-0.25, -0.2) is 14.8 Å². The van der Waals surface area contributed by atoms with Crippen molar-refractivity contribution in [2.24, 2.45) is 0 Å². The molecule has 0 saturated carbocycles. The van der Waals surface area contributed by atoms with Gasteiger partial charge in [0.15, 0.2) is 17.2 Å². The maximum atomic E-state index is 11.5. The molecule has 8 heteroatoms. The number of hydrogen-bond donors (Lipinski definition) is 1. The highest BCUT2D eigenvalue weighted by Crippen LogP contribution is 2.25. The van der Waals surface area contributed by atoms with E-state index < -0.39 is 5.97 Å². The lowest BCUT2D eigenvalue weighted by Crippen LogP contribution is -2.26. The number of carbonyl (C=O) groups excluding carboxylic acids is 1. The highest BCUT2D eigenvalue weighted by atomic mass is 16.5. The molecule has 0 fully saturated rings. The lowest BCUT2D eigenvalue weighted by Gasteiger charge is -2.17. The minimum absolute atomic E-state index is 0.237. The van der Waals surface area contributed by atoms with Gasteiger partial charge in [-0.2, -0.15) is 0 Å². The van der Waals surface area contributed by atoms with Gasteiger partial charge in [-0.1, -0.05) is 12.1 Å². The van der Waals surface area contributed by atoms with Crippen LogP contribution in [0.15, 0.2) is 36.5 Å². The lowest BCUT2D eigenvalue weighted by molar-refractivity contribution is 0.0594. The molecule has 0 radical (unpaired) electrons. The fraction of sp³-hybridized carbons (Fsp3) is 0.421. The first-order chi connectivity index (χ1) is 13.1. The molecule has 1 heterocycles. The summed E-state index contributed by atoms with van der Waals surface area (Å²) in [6.07, 6.45) is 2.43. The van der Waals surface area contributed by atoms with E-state index >= 15 is 0 Å². The number of benzene rings is 1. The Balaban J connectivity index is 1.65. The van der Waals surface area contributed by atoms with Crippen molar-refractivity contribution in [3.63, 3.8) is 0 Å². The first kappa shape index (κ1) is 20.4. The van der Waals surface area contributed by atoms with Crippen LogP contribution in [0.25, 0.3) is 0 Å². The van der Waals surface area contributed by atoms with Gasteiger partial charge in [-0.05, 0) is 38.2 Å². The molecule has 0 unspecified atom stereocenters. The summed E-state index contributed by atoms with van der Waals surface area (Å²) >= 11 is 0. The minimum atomic E-state index is -0.477. The summed E-state index contributed by atoms with van der Waals surface area (Å²) in [5.41, 5.74) is 0.237. The molecule has 0 aliphatic heterocycles. The third-order valence-electron chi connectivity index (χ3n) is 3.85. The third-order valence-corrected chi connectivity index (χ3v) is 3.85. The molecule has 2 aromatic rings. The molecule has 8 nitrogen and oxygen atoms in total. The second kappa shape index (κ2) is 11.0. The van der Waals surface area contributed by atoms with Crippen molar-refractivity contribution in [3.8, 4) is 11.5 Å². The maximum absolute atomic E-state index is 11.5. The molecule has 0 aliphatic rings. The van der Waals surface area contributed by atoms with Gasteiger partial charge in [0.05, 0.1) is 14.2 Å². The third kappa shape index (κ3) is 6.74. The SMILES string of the molecule is COC(=O)c1ccnc(NCCCN(C)CCOc2ccccc2OC)n1. The average molecular weight is 374 g/mol. The molecule has 27 heavy (non-hydrogen) atoms. The van der Waals surface area contributed by atoms with E-state index in [0.29, 0.717) is 19.1 Å². The molecule has 0 spiro atoms. The van der Waals surface area contributed by atoms with Gasteiger partial charge < -0.3 is 24.4 Å². The van der Waals surface area contributed by atoms with Crippen molar-refractivity contribution in [3.05, 3.63) is 42.2 Å². The number of rotatable bonds is 11. The van der Waals surface area contributed by atoms with Crippen LogP contribution in [0.5, 0.6) is 11.5 Å². The van der Waals surface area contributed by atoms with E-state index in [2.05, 4.69) is 24.9 Å². The Morgan fingerprint density at radius 3 is 2.67 bits per heavy atom. The van der Waals surface area contributed by atoms with E-state index in [9.17, 15) is 4.79 Å². The van der Waals surface area contributed by atoms with E-state index in [-0.39, 0.29) is 5.69 Å². The Kier molecular flexibility index (Phi) is 8.31. The zero-order valence-corrected chi connectivity index (χ0v) is 16.0. The van der Waals surface area contributed by atoms with Gasteiger partial charge in [0.2, 0.25) is 5.95 Å². The molecular weight excluding hydrogens is 348 g/mol. The standard InChI is InChI=1S/C19H26N4O4/c1-23(13-14-27-17-8-5-4-7-16(17)25-2)12-6-10-20-19-21-11-9-15(22-19)18(24)26-3/h4-5,7-9,11H,6,10,12-14H2,1-3H3,(H,20,21,22). The Morgan fingerprint density at radius 1 is 1.15 bits per heavy atom. The number of methoxy groups -OCH3 is 2. The average Bonchev–Trinajstić information content (AvgIpc) is 2.71. The van der Waals surface area contributed by atoms with Crippen LogP contribution in [-0.4, -0.2) is 68.3 Å².